The standard InChI is InChI=1S/C21H19ClFN3O4/c1-24-19(29)16-12-5-8-25(10-11-3-4-14(23)13(22)9-11)18(28)15(12)17(27)20(30)26(16)21(24)6-2-7-21/h3-4,9,15H,2,5-8,10H2,1H3. The van der Waals surface area contributed by atoms with E-state index in [-0.39, 0.29) is 23.2 Å². The van der Waals surface area contributed by atoms with Crippen molar-refractivity contribution in [3.8, 4) is 0 Å². The molecule has 1 spiro atoms. The number of carbonyl (C=O) groups is 4. The van der Waals surface area contributed by atoms with Crippen molar-refractivity contribution in [2.24, 2.45) is 5.92 Å². The number of likely N-dealkylation sites (N-methyl/N-ethyl adjacent to an activating group) is 1. The van der Waals surface area contributed by atoms with Crippen molar-refractivity contribution in [1.29, 1.82) is 0 Å². The predicted molar refractivity (Wildman–Crippen MR) is 103 cm³/mol. The summed E-state index contributed by atoms with van der Waals surface area (Å²) in [6.07, 6.45) is 2.45. The van der Waals surface area contributed by atoms with Crippen LogP contribution in [0.1, 0.15) is 31.2 Å². The highest BCUT2D eigenvalue weighted by molar-refractivity contribution is 6.44. The molecule has 9 heteroatoms. The number of hydrogen-bond donors (Lipinski definition) is 0. The van der Waals surface area contributed by atoms with Crippen LogP contribution in [-0.4, -0.2) is 57.5 Å². The van der Waals surface area contributed by atoms with Gasteiger partial charge in [0.05, 0.1) is 5.02 Å². The molecule has 1 saturated carbocycles. The summed E-state index contributed by atoms with van der Waals surface area (Å²) < 4.78 is 13.4. The quantitative estimate of drug-likeness (QED) is 0.529. The molecule has 3 fully saturated rings. The van der Waals surface area contributed by atoms with Crippen LogP contribution in [0.2, 0.25) is 5.02 Å². The van der Waals surface area contributed by atoms with Crippen molar-refractivity contribution in [2.75, 3.05) is 13.6 Å². The molecule has 1 aromatic rings. The second kappa shape index (κ2) is 6.38. The van der Waals surface area contributed by atoms with Crippen LogP contribution in [0, 0.1) is 11.7 Å². The number of halogens is 2. The number of hydrogen-bond acceptors (Lipinski definition) is 4. The Morgan fingerprint density at radius 3 is 2.53 bits per heavy atom. The lowest BCUT2D eigenvalue weighted by Gasteiger charge is -2.49. The summed E-state index contributed by atoms with van der Waals surface area (Å²) in [5.74, 6) is -4.19. The molecule has 30 heavy (non-hydrogen) atoms. The van der Waals surface area contributed by atoms with Crippen molar-refractivity contribution in [2.45, 2.75) is 37.9 Å². The predicted octanol–water partition coefficient (Wildman–Crippen LogP) is 1.85. The molecule has 2 saturated heterocycles. The Bertz CT molecular complexity index is 1060. The highest BCUT2D eigenvalue weighted by atomic mass is 35.5. The number of benzene rings is 1. The molecule has 5 rings (SSSR count). The number of rotatable bonds is 2. The van der Waals surface area contributed by atoms with Crippen LogP contribution in [0.5, 0.6) is 0 Å². The lowest BCUT2D eigenvalue weighted by atomic mass is 9.78. The fourth-order valence-corrected chi connectivity index (χ4v) is 5.24. The van der Waals surface area contributed by atoms with E-state index < -0.39 is 35.0 Å². The first-order valence-electron chi connectivity index (χ1n) is 9.88. The van der Waals surface area contributed by atoms with E-state index in [1.807, 2.05) is 0 Å². The van der Waals surface area contributed by atoms with E-state index in [0.29, 0.717) is 36.9 Å². The van der Waals surface area contributed by atoms with Gasteiger partial charge in [-0.15, -0.1) is 0 Å². The van der Waals surface area contributed by atoms with Gasteiger partial charge in [0.2, 0.25) is 11.7 Å². The molecule has 3 aliphatic heterocycles. The van der Waals surface area contributed by atoms with E-state index in [9.17, 15) is 23.6 Å². The van der Waals surface area contributed by atoms with Crippen LogP contribution >= 0.6 is 11.6 Å². The van der Waals surface area contributed by atoms with Crippen molar-refractivity contribution >= 4 is 35.1 Å². The minimum absolute atomic E-state index is 0.0512. The Hall–Kier alpha value is -2.74. The maximum atomic E-state index is 13.4. The summed E-state index contributed by atoms with van der Waals surface area (Å²) in [5, 5.41) is -0.0512. The van der Waals surface area contributed by atoms with Gasteiger partial charge in [-0.25, -0.2) is 4.39 Å². The minimum atomic E-state index is -1.26. The van der Waals surface area contributed by atoms with Gasteiger partial charge in [0, 0.05) is 20.1 Å². The third-order valence-electron chi connectivity index (χ3n) is 6.82. The van der Waals surface area contributed by atoms with Gasteiger partial charge >= 0.3 is 0 Å². The third-order valence-corrected chi connectivity index (χ3v) is 7.11. The Labute approximate surface area is 177 Å². The topological polar surface area (TPSA) is 78.0 Å². The van der Waals surface area contributed by atoms with Crippen LogP contribution in [0.15, 0.2) is 29.5 Å². The average molecular weight is 432 g/mol. The number of carbonyl (C=O) groups excluding carboxylic acids is 4. The van der Waals surface area contributed by atoms with E-state index in [1.165, 1.54) is 28.0 Å². The molecule has 0 N–H and O–H groups in total. The van der Waals surface area contributed by atoms with Gasteiger partial charge in [-0.3, -0.25) is 24.1 Å². The second-order valence-electron chi connectivity index (χ2n) is 8.27. The fraction of sp³-hybridized carbons (Fsp3) is 0.429. The molecule has 1 atom stereocenters. The lowest BCUT2D eigenvalue weighted by molar-refractivity contribution is -0.159. The summed E-state index contributed by atoms with van der Waals surface area (Å²) in [6.45, 7) is 0.434. The smallest absolute Gasteiger partial charge is 0.297 e. The fourth-order valence-electron chi connectivity index (χ4n) is 5.04. The largest absolute Gasteiger partial charge is 0.337 e. The van der Waals surface area contributed by atoms with Crippen LogP contribution in [0.25, 0.3) is 0 Å². The molecule has 1 aromatic carbocycles. The Morgan fingerprint density at radius 1 is 1.17 bits per heavy atom. The second-order valence-corrected chi connectivity index (χ2v) is 8.68. The molecule has 0 bridgehead atoms. The Kier molecular flexibility index (Phi) is 4.09. The van der Waals surface area contributed by atoms with Crippen LogP contribution in [0.3, 0.4) is 0 Å². The molecule has 3 amide bonds. The van der Waals surface area contributed by atoms with Gasteiger partial charge in [-0.2, -0.15) is 0 Å². The van der Waals surface area contributed by atoms with Gasteiger partial charge in [0.15, 0.2) is 0 Å². The van der Waals surface area contributed by atoms with Crippen LogP contribution < -0.4 is 0 Å². The number of likely N-dealkylation sites (tertiary alicyclic amines) is 1. The molecule has 4 aliphatic rings. The normalized spacial score (nSPS) is 25.2. The Balaban J connectivity index is 1.50. The zero-order valence-corrected chi connectivity index (χ0v) is 17.0. The minimum Gasteiger partial charge on any atom is -0.337 e. The van der Waals surface area contributed by atoms with E-state index in [4.69, 9.17) is 11.6 Å². The van der Waals surface area contributed by atoms with Gasteiger partial charge in [0.25, 0.3) is 11.8 Å². The van der Waals surface area contributed by atoms with Gasteiger partial charge in [-0.1, -0.05) is 17.7 Å². The SMILES string of the molecule is CN1C(=O)C2=C3CCN(Cc4ccc(F)c(Cl)c4)C(=O)C3C(=O)C(=O)N2C12CCC2. The zero-order chi connectivity index (χ0) is 21.4. The summed E-state index contributed by atoms with van der Waals surface area (Å²) >= 11 is 5.83. The molecule has 7 nitrogen and oxygen atoms in total. The number of Topliss-reactive ketones (excluding diaryl/α,β-unsaturated/α-hetero) is 1. The molecular weight excluding hydrogens is 413 g/mol. The number of amides is 3. The highest BCUT2D eigenvalue weighted by Gasteiger charge is 2.63. The third kappa shape index (κ3) is 2.37. The summed E-state index contributed by atoms with van der Waals surface area (Å²) in [4.78, 5) is 56.5. The first-order valence-corrected chi connectivity index (χ1v) is 10.3. The number of fused-ring (bicyclic) bond motifs is 3. The molecule has 156 valence electrons. The lowest BCUT2D eigenvalue weighted by Crippen LogP contribution is -2.62. The Morgan fingerprint density at radius 2 is 1.90 bits per heavy atom. The zero-order valence-electron chi connectivity index (χ0n) is 16.3. The maximum absolute atomic E-state index is 13.4. The molecular formula is C21H19ClFN3O4. The maximum Gasteiger partial charge on any atom is 0.297 e. The van der Waals surface area contributed by atoms with Gasteiger partial charge in [-0.05, 0) is 49.0 Å². The summed E-state index contributed by atoms with van der Waals surface area (Å²) in [6, 6.07) is 4.18. The van der Waals surface area contributed by atoms with Gasteiger partial charge in [0.1, 0.15) is 23.1 Å². The molecule has 3 heterocycles. The molecule has 1 aliphatic carbocycles. The van der Waals surface area contributed by atoms with E-state index in [0.717, 1.165) is 6.42 Å². The van der Waals surface area contributed by atoms with Crippen molar-refractivity contribution in [1.82, 2.24) is 14.7 Å². The van der Waals surface area contributed by atoms with E-state index in [2.05, 4.69) is 0 Å². The van der Waals surface area contributed by atoms with Crippen LogP contribution in [0.4, 0.5) is 4.39 Å². The average Bonchev–Trinajstić information content (AvgIpc) is 2.92. The first kappa shape index (κ1) is 19.2. The molecule has 1 unspecified atom stereocenters. The summed E-state index contributed by atoms with van der Waals surface area (Å²) in [5.41, 5.74) is 0.512. The van der Waals surface area contributed by atoms with Crippen molar-refractivity contribution < 1.29 is 23.6 Å². The first-order chi connectivity index (χ1) is 14.3. The van der Waals surface area contributed by atoms with Gasteiger partial charge < -0.3 is 9.80 Å². The van der Waals surface area contributed by atoms with E-state index in [1.54, 1.807) is 11.9 Å². The van der Waals surface area contributed by atoms with Crippen molar-refractivity contribution in [3.05, 3.63) is 45.9 Å². The number of ketones is 1. The van der Waals surface area contributed by atoms with E-state index >= 15 is 0 Å². The monoisotopic (exact) mass is 431 g/mol. The molecule has 0 aromatic heterocycles. The number of piperidine rings is 1. The molecule has 0 radical (unpaired) electrons. The van der Waals surface area contributed by atoms with Crippen LogP contribution in [-0.2, 0) is 25.7 Å². The number of nitrogens with zero attached hydrogens (tertiary/aromatic N) is 3. The summed E-state index contributed by atoms with van der Waals surface area (Å²) in [7, 11) is 1.65. The highest BCUT2D eigenvalue weighted by Crippen LogP contribution is 2.51. The van der Waals surface area contributed by atoms with Crippen molar-refractivity contribution in [3.63, 3.8) is 0 Å².